The van der Waals surface area contributed by atoms with Crippen molar-refractivity contribution in [2.75, 3.05) is 4.72 Å². The normalized spacial score (nSPS) is 11.3. The van der Waals surface area contributed by atoms with Gasteiger partial charge in [0.25, 0.3) is 10.0 Å². The molecular weight excluding hydrogens is 361 g/mol. The fraction of sp³-hybridized carbons (Fsp3) is 0.0526. The molecule has 0 aliphatic carbocycles. The molecule has 0 unspecified atom stereocenters. The Bertz CT molecular complexity index is 1020. The van der Waals surface area contributed by atoms with Crippen molar-refractivity contribution < 1.29 is 12.8 Å². The van der Waals surface area contributed by atoms with Crippen LogP contribution in [0.1, 0.15) is 5.56 Å². The van der Waals surface area contributed by atoms with Crippen LogP contribution in [0.4, 0.5) is 10.1 Å². The van der Waals surface area contributed by atoms with E-state index in [9.17, 15) is 12.8 Å². The van der Waals surface area contributed by atoms with Gasteiger partial charge in [-0.15, -0.1) is 0 Å². The Morgan fingerprint density at radius 3 is 2.32 bits per heavy atom. The van der Waals surface area contributed by atoms with Crippen LogP contribution >= 0.6 is 11.6 Å². The fourth-order valence-electron chi connectivity index (χ4n) is 2.46. The number of halogens is 2. The minimum Gasteiger partial charge on any atom is -0.280 e. The number of hydrogen-bond donors (Lipinski definition) is 1. The molecule has 1 N–H and O–H groups in total. The largest absolute Gasteiger partial charge is 0.280 e. The first kappa shape index (κ1) is 17.5. The second-order valence-corrected chi connectivity index (χ2v) is 7.71. The van der Waals surface area contributed by atoms with Gasteiger partial charge in [-0.25, -0.2) is 12.8 Å². The van der Waals surface area contributed by atoms with Gasteiger partial charge in [-0.05, 0) is 60.5 Å². The highest BCUT2D eigenvalue weighted by atomic mass is 35.5. The Balaban J connectivity index is 1.88. The Morgan fingerprint density at radius 2 is 1.68 bits per heavy atom. The van der Waals surface area contributed by atoms with Gasteiger partial charge in [0.05, 0.1) is 9.92 Å². The Hall–Kier alpha value is -2.37. The molecule has 25 heavy (non-hydrogen) atoms. The van der Waals surface area contributed by atoms with Crippen LogP contribution in [-0.4, -0.2) is 8.42 Å². The van der Waals surface area contributed by atoms with Crippen LogP contribution in [0.25, 0.3) is 11.1 Å². The summed E-state index contributed by atoms with van der Waals surface area (Å²) in [4.78, 5) is 0.135. The van der Waals surface area contributed by atoms with Gasteiger partial charge >= 0.3 is 0 Å². The summed E-state index contributed by atoms with van der Waals surface area (Å²) in [6.07, 6.45) is 0. The van der Waals surface area contributed by atoms with E-state index in [4.69, 9.17) is 11.6 Å². The maximum atomic E-state index is 13.1. The first-order valence-corrected chi connectivity index (χ1v) is 9.36. The van der Waals surface area contributed by atoms with Crippen molar-refractivity contribution in [3.8, 4) is 11.1 Å². The molecule has 6 heteroatoms. The molecule has 0 heterocycles. The fourth-order valence-corrected chi connectivity index (χ4v) is 3.79. The highest BCUT2D eigenvalue weighted by molar-refractivity contribution is 7.92. The number of hydrogen-bond acceptors (Lipinski definition) is 2. The number of nitrogens with one attached hydrogen (secondary N) is 1. The number of rotatable bonds is 4. The molecule has 0 bridgehead atoms. The van der Waals surface area contributed by atoms with E-state index in [1.165, 1.54) is 24.3 Å². The SMILES string of the molecule is Cc1cccc(NS(=O)(=O)c2ccc(-c3ccc(F)cc3Cl)cc2)c1. The molecule has 128 valence electrons. The first-order chi connectivity index (χ1) is 11.8. The zero-order chi connectivity index (χ0) is 18.0. The topological polar surface area (TPSA) is 46.2 Å². The van der Waals surface area contributed by atoms with E-state index in [0.29, 0.717) is 16.8 Å². The standard InChI is InChI=1S/C19H15ClFNO2S/c1-13-3-2-4-16(11-13)22-25(23,24)17-8-5-14(6-9-17)18-10-7-15(21)12-19(18)20/h2-12,22H,1H3. The van der Waals surface area contributed by atoms with Crippen LogP contribution in [0, 0.1) is 12.7 Å². The molecular formula is C19H15ClFNO2S. The van der Waals surface area contributed by atoms with Crippen molar-refractivity contribution in [1.82, 2.24) is 0 Å². The number of benzene rings is 3. The van der Waals surface area contributed by atoms with Gasteiger partial charge in [-0.1, -0.05) is 35.9 Å². The molecule has 0 spiro atoms. The average Bonchev–Trinajstić information content (AvgIpc) is 2.54. The van der Waals surface area contributed by atoms with Crippen LogP contribution in [0.15, 0.2) is 71.6 Å². The molecule has 3 nitrogen and oxygen atoms in total. The van der Waals surface area contributed by atoms with Crippen molar-refractivity contribution in [1.29, 1.82) is 0 Å². The number of sulfonamides is 1. The van der Waals surface area contributed by atoms with Gasteiger partial charge in [0.15, 0.2) is 0 Å². The molecule has 3 aromatic carbocycles. The monoisotopic (exact) mass is 375 g/mol. The van der Waals surface area contributed by atoms with Crippen LogP contribution < -0.4 is 4.72 Å². The van der Waals surface area contributed by atoms with Gasteiger partial charge in [0.1, 0.15) is 5.82 Å². The second kappa shape index (κ2) is 6.86. The molecule has 0 fully saturated rings. The van der Waals surface area contributed by atoms with Crippen LogP contribution in [0.2, 0.25) is 5.02 Å². The molecule has 0 aliphatic rings. The highest BCUT2D eigenvalue weighted by Crippen LogP contribution is 2.29. The molecule has 0 saturated heterocycles. The zero-order valence-corrected chi connectivity index (χ0v) is 14.9. The molecule has 0 radical (unpaired) electrons. The highest BCUT2D eigenvalue weighted by Gasteiger charge is 2.15. The molecule has 0 aromatic heterocycles. The molecule has 3 aromatic rings. The Morgan fingerprint density at radius 1 is 0.960 bits per heavy atom. The lowest BCUT2D eigenvalue weighted by Crippen LogP contribution is -2.12. The smallest absolute Gasteiger partial charge is 0.261 e. The average molecular weight is 376 g/mol. The predicted molar refractivity (Wildman–Crippen MR) is 98.8 cm³/mol. The number of anilines is 1. The third-order valence-electron chi connectivity index (χ3n) is 3.68. The van der Waals surface area contributed by atoms with Crippen molar-refractivity contribution >= 4 is 27.3 Å². The lowest BCUT2D eigenvalue weighted by molar-refractivity contribution is 0.601. The molecule has 3 rings (SSSR count). The van der Waals surface area contributed by atoms with E-state index >= 15 is 0 Å². The van der Waals surface area contributed by atoms with E-state index < -0.39 is 15.8 Å². The molecule has 0 atom stereocenters. The van der Waals surface area contributed by atoms with Crippen LogP contribution in [0.5, 0.6) is 0 Å². The minimum absolute atomic E-state index is 0.135. The van der Waals surface area contributed by atoms with Gasteiger partial charge in [0, 0.05) is 11.3 Å². The summed E-state index contributed by atoms with van der Waals surface area (Å²) in [5.41, 5.74) is 2.81. The predicted octanol–water partition coefficient (Wildman–Crippen LogP) is 5.26. The maximum absolute atomic E-state index is 13.1. The third-order valence-corrected chi connectivity index (χ3v) is 5.39. The maximum Gasteiger partial charge on any atom is 0.261 e. The van der Waals surface area contributed by atoms with Crippen molar-refractivity contribution in [3.05, 3.63) is 83.1 Å². The summed E-state index contributed by atoms with van der Waals surface area (Å²) in [6.45, 7) is 1.89. The quantitative estimate of drug-likeness (QED) is 0.676. The zero-order valence-electron chi connectivity index (χ0n) is 13.3. The summed E-state index contributed by atoms with van der Waals surface area (Å²) < 4.78 is 40.7. The van der Waals surface area contributed by atoms with E-state index in [2.05, 4.69) is 4.72 Å². The van der Waals surface area contributed by atoms with E-state index in [0.717, 1.165) is 5.56 Å². The van der Waals surface area contributed by atoms with Gasteiger partial charge < -0.3 is 0 Å². The van der Waals surface area contributed by atoms with Crippen molar-refractivity contribution in [2.45, 2.75) is 11.8 Å². The second-order valence-electron chi connectivity index (χ2n) is 5.62. The van der Waals surface area contributed by atoms with Crippen LogP contribution in [0.3, 0.4) is 0 Å². The van der Waals surface area contributed by atoms with Gasteiger partial charge in [-0.3, -0.25) is 4.72 Å². The summed E-state index contributed by atoms with van der Waals surface area (Å²) >= 11 is 6.05. The lowest BCUT2D eigenvalue weighted by atomic mass is 10.1. The van der Waals surface area contributed by atoms with Crippen molar-refractivity contribution in [3.63, 3.8) is 0 Å². The van der Waals surface area contributed by atoms with Crippen LogP contribution in [-0.2, 0) is 10.0 Å². The van der Waals surface area contributed by atoms with E-state index in [-0.39, 0.29) is 9.92 Å². The lowest BCUT2D eigenvalue weighted by Gasteiger charge is -2.10. The summed E-state index contributed by atoms with van der Waals surface area (Å²) in [6, 6.07) is 17.5. The van der Waals surface area contributed by atoms with Crippen molar-refractivity contribution in [2.24, 2.45) is 0 Å². The molecule has 0 aliphatic heterocycles. The Kier molecular flexibility index (Phi) is 4.79. The first-order valence-electron chi connectivity index (χ1n) is 7.50. The van der Waals surface area contributed by atoms with Gasteiger partial charge in [-0.2, -0.15) is 0 Å². The van der Waals surface area contributed by atoms with E-state index in [1.54, 1.807) is 36.4 Å². The third kappa shape index (κ3) is 4.00. The molecule has 0 saturated carbocycles. The number of aryl methyl sites for hydroxylation is 1. The summed E-state index contributed by atoms with van der Waals surface area (Å²) in [5.74, 6) is -0.421. The van der Waals surface area contributed by atoms with Gasteiger partial charge in [0.2, 0.25) is 0 Å². The summed E-state index contributed by atoms with van der Waals surface area (Å²) in [5, 5.41) is 0.272. The van der Waals surface area contributed by atoms with E-state index in [1.807, 2.05) is 13.0 Å². The minimum atomic E-state index is -3.69. The Labute approximate surface area is 151 Å². The molecule has 0 amide bonds. The summed E-state index contributed by atoms with van der Waals surface area (Å²) in [7, 11) is -3.69.